The van der Waals surface area contributed by atoms with Gasteiger partial charge in [0.05, 0.1) is 0 Å². The van der Waals surface area contributed by atoms with E-state index in [1.165, 1.54) is 12.8 Å². The number of anilines is 1. The van der Waals surface area contributed by atoms with E-state index in [-0.39, 0.29) is 5.82 Å². The summed E-state index contributed by atoms with van der Waals surface area (Å²) in [6.45, 7) is 8.10. The second-order valence-electron chi connectivity index (χ2n) is 7.17. The van der Waals surface area contributed by atoms with E-state index in [2.05, 4.69) is 35.1 Å². The van der Waals surface area contributed by atoms with Crippen molar-refractivity contribution in [1.82, 2.24) is 4.98 Å². The van der Waals surface area contributed by atoms with Crippen molar-refractivity contribution >= 4 is 16.6 Å². The molecule has 1 aliphatic carbocycles. The Hall–Kier alpha value is -2.68. The number of hydrogen-bond acceptors (Lipinski definition) is 2. The van der Waals surface area contributed by atoms with Gasteiger partial charge in [0.25, 0.3) is 0 Å². The van der Waals surface area contributed by atoms with Crippen molar-refractivity contribution in [3.63, 3.8) is 0 Å². The highest BCUT2D eigenvalue weighted by Gasteiger charge is 2.24. The highest BCUT2D eigenvalue weighted by molar-refractivity contribution is 5.89. The molecular weight excluding hydrogens is 323 g/mol. The Kier molecular flexibility index (Phi) is 4.23. The second-order valence-corrected chi connectivity index (χ2v) is 7.17. The van der Waals surface area contributed by atoms with Crippen LogP contribution < -0.4 is 5.32 Å². The van der Waals surface area contributed by atoms with Gasteiger partial charge < -0.3 is 5.32 Å². The maximum atomic E-state index is 14.2. The molecule has 0 saturated heterocycles. The second kappa shape index (κ2) is 6.56. The molecule has 132 valence electrons. The third-order valence-electron chi connectivity index (χ3n) is 5.17. The lowest BCUT2D eigenvalue weighted by Crippen LogP contribution is -2.01. The number of hydrogen-bond donors (Lipinski definition) is 1. The standard InChI is InChI=1S/C23H23FN2/c1-4-16-9-14(2)21(12-22(16)24)19-8-7-18-11-23(25-13-20(18)10-19)26-15(3)17-5-6-17/h7-13,17H,3-6H2,1-2H3,(H,25,26). The minimum absolute atomic E-state index is 0.135. The highest BCUT2D eigenvalue weighted by atomic mass is 19.1. The number of rotatable bonds is 5. The van der Waals surface area contributed by atoms with Gasteiger partial charge in [0.2, 0.25) is 0 Å². The third-order valence-corrected chi connectivity index (χ3v) is 5.17. The average Bonchev–Trinajstić information content (AvgIpc) is 3.48. The Bertz CT molecular complexity index is 1000. The van der Waals surface area contributed by atoms with Crippen molar-refractivity contribution in [3.8, 4) is 11.1 Å². The molecule has 1 N–H and O–H groups in total. The van der Waals surface area contributed by atoms with E-state index in [0.29, 0.717) is 12.3 Å². The molecule has 0 unspecified atom stereocenters. The van der Waals surface area contributed by atoms with Crippen molar-refractivity contribution in [2.24, 2.45) is 5.92 Å². The maximum absolute atomic E-state index is 14.2. The molecule has 4 rings (SSSR count). The summed E-state index contributed by atoms with van der Waals surface area (Å²) in [5, 5.41) is 5.47. The fourth-order valence-corrected chi connectivity index (χ4v) is 3.40. The van der Waals surface area contributed by atoms with Crippen LogP contribution in [-0.2, 0) is 6.42 Å². The van der Waals surface area contributed by atoms with Gasteiger partial charge in [-0.2, -0.15) is 0 Å². The van der Waals surface area contributed by atoms with Crippen LogP contribution in [0.2, 0.25) is 0 Å². The summed E-state index contributed by atoms with van der Waals surface area (Å²) in [5.74, 6) is 1.29. The molecule has 1 aromatic heterocycles. The van der Waals surface area contributed by atoms with E-state index < -0.39 is 0 Å². The van der Waals surface area contributed by atoms with Gasteiger partial charge in [-0.25, -0.2) is 9.37 Å². The normalized spacial score (nSPS) is 13.8. The fraction of sp³-hybridized carbons (Fsp3) is 0.261. The number of nitrogens with zero attached hydrogens (tertiary/aromatic N) is 1. The minimum Gasteiger partial charge on any atom is -0.344 e. The van der Waals surface area contributed by atoms with Gasteiger partial charge in [0.1, 0.15) is 11.6 Å². The van der Waals surface area contributed by atoms with E-state index >= 15 is 0 Å². The van der Waals surface area contributed by atoms with Gasteiger partial charge in [0, 0.05) is 17.3 Å². The van der Waals surface area contributed by atoms with Gasteiger partial charge in [-0.3, -0.25) is 0 Å². The Morgan fingerprint density at radius 1 is 1.19 bits per heavy atom. The van der Waals surface area contributed by atoms with Crippen LogP contribution in [0, 0.1) is 18.7 Å². The molecule has 1 saturated carbocycles. The summed E-state index contributed by atoms with van der Waals surface area (Å²) in [5.41, 5.74) is 4.86. The molecule has 0 atom stereocenters. The quantitative estimate of drug-likeness (QED) is 0.591. The number of aromatic nitrogens is 1. The number of fused-ring (bicyclic) bond motifs is 1. The molecule has 0 spiro atoms. The summed E-state index contributed by atoms with van der Waals surface area (Å²) >= 11 is 0. The average molecular weight is 346 g/mol. The predicted octanol–water partition coefficient (Wildman–Crippen LogP) is 6.25. The largest absolute Gasteiger partial charge is 0.344 e. The van der Waals surface area contributed by atoms with Gasteiger partial charge in [-0.15, -0.1) is 0 Å². The van der Waals surface area contributed by atoms with E-state index in [1.807, 2.05) is 32.2 Å². The van der Waals surface area contributed by atoms with Gasteiger partial charge in [-0.05, 0) is 77.9 Å². The van der Waals surface area contributed by atoms with Crippen LogP contribution >= 0.6 is 0 Å². The Labute approximate surface area is 153 Å². The first kappa shape index (κ1) is 16.8. The predicted molar refractivity (Wildman–Crippen MR) is 107 cm³/mol. The minimum atomic E-state index is -0.135. The molecule has 3 heteroatoms. The van der Waals surface area contributed by atoms with Crippen LogP contribution in [0.3, 0.4) is 0 Å². The van der Waals surface area contributed by atoms with E-state index in [0.717, 1.165) is 44.5 Å². The highest BCUT2D eigenvalue weighted by Crippen LogP contribution is 2.36. The summed E-state index contributed by atoms with van der Waals surface area (Å²) in [4.78, 5) is 4.51. The van der Waals surface area contributed by atoms with Gasteiger partial charge >= 0.3 is 0 Å². The molecule has 1 heterocycles. The van der Waals surface area contributed by atoms with Crippen LogP contribution in [0.15, 0.2) is 54.9 Å². The monoisotopic (exact) mass is 346 g/mol. The van der Waals surface area contributed by atoms with Crippen molar-refractivity contribution in [1.29, 1.82) is 0 Å². The van der Waals surface area contributed by atoms with Crippen molar-refractivity contribution < 1.29 is 4.39 Å². The zero-order chi connectivity index (χ0) is 18.3. The summed E-state index contributed by atoms with van der Waals surface area (Å²) in [7, 11) is 0. The van der Waals surface area contributed by atoms with Crippen LogP contribution in [0.5, 0.6) is 0 Å². The molecule has 1 aliphatic rings. The number of allylic oxidation sites excluding steroid dienone is 1. The summed E-state index contributed by atoms with van der Waals surface area (Å²) in [6.07, 6.45) is 5.01. The van der Waals surface area contributed by atoms with Crippen LogP contribution in [0.1, 0.15) is 30.9 Å². The molecule has 1 fully saturated rings. The van der Waals surface area contributed by atoms with E-state index in [1.54, 1.807) is 6.07 Å². The van der Waals surface area contributed by atoms with Gasteiger partial charge in [0.15, 0.2) is 0 Å². The van der Waals surface area contributed by atoms with E-state index in [4.69, 9.17) is 0 Å². The van der Waals surface area contributed by atoms with Gasteiger partial charge in [-0.1, -0.05) is 31.7 Å². The molecule has 3 aromatic rings. The molecule has 2 aromatic carbocycles. The van der Waals surface area contributed by atoms with Crippen LogP contribution in [0.25, 0.3) is 21.9 Å². The van der Waals surface area contributed by atoms with Crippen LogP contribution in [-0.4, -0.2) is 4.98 Å². The number of pyridine rings is 1. The molecule has 0 aliphatic heterocycles. The van der Waals surface area contributed by atoms with Crippen molar-refractivity contribution in [3.05, 3.63) is 71.8 Å². The maximum Gasteiger partial charge on any atom is 0.130 e. The molecule has 2 nitrogen and oxygen atoms in total. The molecule has 0 amide bonds. The lowest BCUT2D eigenvalue weighted by Gasteiger charge is -2.12. The first-order chi connectivity index (χ1) is 12.5. The molecule has 0 bridgehead atoms. The van der Waals surface area contributed by atoms with E-state index in [9.17, 15) is 4.39 Å². The van der Waals surface area contributed by atoms with Crippen LogP contribution in [0.4, 0.5) is 10.2 Å². The Balaban J connectivity index is 1.67. The summed E-state index contributed by atoms with van der Waals surface area (Å²) in [6, 6.07) is 11.8. The third kappa shape index (κ3) is 3.22. The first-order valence-electron chi connectivity index (χ1n) is 9.20. The zero-order valence-electron chi connectivity index (χ0n) is 15.3. The van der Waals surface area contributed by atoms with Crippen molar-refractivity contribution in [2.45, 2.75) is 33.1 Å². The molecular formula is C23H23FN2. The number of nitrogens with one attached hydrogen (secondary N) is 1. The number of aryl methyl sites for hydroxylation is 2. The molecule has 0 radical (unpaired) electrons. The smallest absolute Gasteiger partial charge is 0.130 e. The number of benzene rings is 2. The van der Waals surface area contributed by atoms with Crippen molar-refractivity contribution in [2.75, 3.05) is 5.32 Å². The zero-order valence-corrected chi connectivity index (χ0v) is 15.3. The first-order valence-corrected chi connectivity index (χ1v) is 9.20. The molecule has 26 heavy (non-hydrogen) atoms. The fourth-order valence-electron chi connectivity index (χ4n) is 3.40. The lowest BCUT2D eigenvalue weighted by atomic mass is 9.96. The Morgan fingerprint density at radius 2 is 2.00 bits per heavy atom. The lowest BCUT2D eigenvalue weighted by molar-refractivity contribution is 0.612. The Morgan fingerprint density at radius 3 is 2.73 bits per heavy atom. The topological polar surface area (TPSA) is 24.9 Å². The SMILES string of the molecule is C=C(Nc1cc2ccc(-c3cc(F)c(CC)cc3C)cc2cn1)C1CC1. The summed E-state index contributed by atoms with van der Waals surface area (Å²) < 4.78 is 14.2. The number of halogens is 1.